The number of aryl methyl sites for hydroxylation is 2. The molecule has 1 aromatic carbocycles. The van der Waals surface area contributed by atoms with E-state index in [9.17, 15) is 14.9 Å². The third-order valence-electron chi connectivity index (χ3n) is 6.00. The van der Waals surface area contributed by atoms with E-state index in [0.29, 0.717) is 17.9 Å². The number of hydrogen-bond acceptors (Lipinski definition) is 5. The number of carbonyl (C=O) groups is 2. The average Bonchev–Trinajstić information content (AvgIpc) is 3.34. The van der Waals surface area contributed by atoms with Gasteiger partial charge in [0.1, 0.15) is 16.6 Å². The summed E-state index contributed by atoms with van der Waals surface area (Å²) in [4.78, 5) is 26.9. The number of nitrogens with one attached hydrogen (secondary N) is 1. The monoisotopic (exact) mass is 473 g/mol. The summed E-state index contributed by atoms with van der Waals surface area (Å²) < 4.78 is 7.46. The fourth-order valence-corrected chi connectivity index (χ4v) is 5.88. The van der Waals surface area contributed by atoms with Crippen molar-refractivity contribution >= 4 is 35.0 Å². The maximum Gasteiger partial charge on any atom is 0.341 e. The van der Waals surface area contributed by atoms with Gasteiger partial charge in [0.25, 0.3) is 5.91 Å². The predicted molar refractivity (Wildman–Crippen MR) is 134 cm³/mol. The van der Waals surface area contributed by atoms with E-state index in [0.717, 1.165) is 53.2 Å². The largest absolute Gasteiger partial charge is 0.462 e. The van der Waals surface area contributed by atoms with E-state index in [1.165, 1.54) is 4.88 Å². The minimum Gasteiger partial charge on any atom is -0.462 e. The van der Waals surface area contributed by atoms with Crippen molar-refractivity contribution in [3.05, 3.63) is 74.9 Å². The lowest BCUT2D eigenvalue weighted by Gasteiger charge is -2.13. The van der Waals surface area contributed by atoms with Gasteiger partial charge in [0.15, 0.2) is 0 Å². The SMILES string of the molecule is CCOC(=O)c1c(-n2c(C)cc(C=C(C#N)C(=O)Nc3ccccc3)c2C)sc2c1CCCC2. The molecule has 2 heterocycles. The van der Waals surface area contributed by atoms with Crippen molar-refractivity contribution in [2.45, 2.75) is 46.5 Å². The Kier molecular flexibility index (Phi) is 6.99. The van der Waals surface area contributed by atoms with E-state index in [1.54, 1.807) is 29.5 Å². The number of hydrogen-bond donors (Lipinski definition) is 1. The van der Waals surface area contributed by atoms with Gasteiger partial charge in [-0.1, -0.05) is 18.2 Å². The van der Waals surface area contributed by atoms with Crippen molar-refractivity contribution in [3.8, 4) is 11.1 Å². The van der Waals surface area contributed by atoms with E-state index in [4.69, 9.17) is 4.74 Å². The van der Waals surface area contributed by atoms with Crippen LogP contribution in [0.25, 0.3) is 11.1 Å². The van der Waals surface area contributed by atoms with Crippen LogP contribution in [-0.2, 0) is 22.4 Å². The molecule has 7 heteroatoms. The molecule has 0 fully saturated rings. The van der Waals surface area contributed by atoms with Gasteiger partial charge in [-0.3, -0.25) is 4.79 Å². The summed E-state index contributed by atoms with van der Waals surface area (Å²) in [5, 5.41) is 13.3. The zero-order chi connectivity index (χ0) is 24.2. The number of anilines is 1. The summed E-state index contributed by atoms with van der Waals surface area (Å²) in [5.41, 5.74) is 4.95. The highest BCUT2D eigenvalue weighted by Crippen LogP contribution is 2.39. The zero-order valence-corrected chi connectivity index (χ0v) is 20.4. The predicted octanol–water partition coefficient (Wildman–Crippen LogP) is 5.76. The van der Waals surface area contributed by atoms with Gasteiger partial charge in [0, 0.05) is 22.0 Å². The van der Waals surface area contributed by atoms with Crippen molar-refractivity contribution < 1.29 is 14.3 Å². The number of rotatable bonds is 6. The fraction of sp³-hybridized carbons (Fsp3) is 0.296. The van der Waals surface area contributed by atoms with Crippen molar-refractivity contribution in [2.75, 3.05) is 11.9 Å². The summed E-state index contributed by atoms with van der Waals surface area (Å²) in [5.74, 6) is -0.751. The maximum absolute atomic E-state index is 13.0. The second kappa shape index (κ2) is 10.1. The molecule has 1 aliphatic rings. The number of fused-ring (bicyclic) bond motifs is 1. The molecule has 6 nitrogen and oxygen atoms in total. The standard InChI is InChI=1S/C27H27N3O3S/c1-4-33-27(32)24-22-12-8-9-13-23(22)34-26(24)30-17(2)14-19(18(30)3)15-20(16-28)25(31)29-21-10-6-5-7-11-21/h5-7,10-11,14-15H,4,8-9,12-13H2,1-3H3,(H,29,31). The van der Waals surface area contributed by atoms with Crippen LogP contribution in [0.4, 0.5) is 5.69 Å². The summed E-state index contributed by atoms with van der Waals surface area (Å²) in [6.07, 6.45) is 5.64. The third kappa shape index (κ3) is 4.55. The van der Waals surface area contributed by atoms with Crippen molar-refractivity contribution in [3.63, 3.8) is 0 Å². The number of nitrogens with zero attached hydrogens (tertiary/aromatic N) is 2. The van der Waals surface area contributed by atoms with Crippen LogP contribution in [0, 0.1) is 25.2 Å². The Balaban J connectivity index is 1.75. The maximum atomic E-state index is 13.0. The molecule has 174 valence electrons. The highest BCUT2D eigenvalue weighted by molar-refractivity contribution is 7.15. The van der Waals surface area contributed by atoms with Gasteiger partial charge < -0.3 is 14.6 Å². The van der Waals surface area contributed by atoms with Gasteiger partial charge in [-0.25, -0.2) is 4.79 Å². The van der Waals surface area contributed by atoms with E-state index in [2.05, 4.69) is 5.32 Å². The lowest BCUT2D eigenvalue weighted by molar-refractivity contribution is -0.112. The number of benzene rings is 1. The number of aromatic nitrogens is 1. The third-order valence-corrected chi connectivity index (χ3v) is 7.28. The zero-order valence-electron chi connectivity index (χ0n) is 19.6. The number of carbonyl (C=O) groups excluding carboxylic acids is 2. The molecule has 1 amide bonds. The van der Waals surface area contributed by atoms with E-state index >= 15 is 0 Å². The molecular weight excluding hydrogens is 446 g/mol. The smallest absolute Gasteiger partial charge is 0.341 e. The van der Waals surface area contributed by atoms with Crippen LogP contribution >= 0.6 is 11.3 Å². The Hall–Kier alpha value is -3.63. The Bertz CT molecular complexity index is 1310. The number of amides is 1. The molecule has 0 radical (unpaired) electrons. The van der Waals surface area contributed by atoms with Gasteiger partial charge in [0.2, 0.25) is 0 Å². The van der Waals surface area contributed by atoms with Gasteiger partial charge in [-0.2, -0.15) is 5.26 Å². The Labute approximate surface area is 203 Å². The number of para-hydroxylation sites is 1. The van der Waals surface area contributed by atoms with Gasteiger partial charge in [-0.05, 0) is 81.9 Å². The molecule has 0 aliphatic heterocycles. The Morgan fingerprint density at radius 3 is 2.65 bits per heavy atom. The normalized spacial score (nSPS) is 13.2. The Morgan fingerprint density at radius 1 is 1.21 bits per heavy atom. The van der Waals surface area contributed by atoms with E-state index in [-0.39, 0.29) is 11.5 Å². The number of esters is 1. The molecule has 2 aromatic heterocycles. The molecule has 0 unspecified atom stereocenters. The Morgan fingerprint density at radius 2 is 1.94 bits per heavy atom. The van der Waals surface area contributed by atoms with Crippen LogP contribution in [0.1, 0.15) is 57.5 Å². The van der Waals surface area contributed by atoms with Gasteiger partial charge in [0.05, 0.1) is 12.2 Å². The first-order chi connectivity index (χ1) is 16.4. The molecule has 0 saturated carbocycles. The van der Waals surface area contributed by atoms with Crippen LogP contribution in [0.3, 0.4) is 0 Å². The van der Waals surface area contributed by atoms with Crippen molar-refractivity contribution in [1.29, 1.82) is 5.26 Å². The first-order valence-corrected chi connectivity index (χ1v) is 12.2. The highest BCUT2D eigenvalue weighted by Gasteiger charge is 2.28. The second-order valence-electron chi connectivity index (χ2n) is 8.26. The molecule has 3 aromatic rings. The number of thiophene rings is 1. The molecule has 1 aliphatic carbocycles. The number of nitriles is 1. The summed E-state index contributed by atoms with van der Waals surface area (Å²) >= 11 is 1.64. The second-order valence-corrected chi connectivity index (χ2v) is 9.35. The summed E-state index contributed by atoms with van der Waals surface area (Å²) in [6, 6.07) is 13.0. The quantitative estimate of drug-likeness (QED) is 0.280. The van der Waals surface area contributed by atoms with Crippen LogP contribution < -0.4 is 5.32 Å². The molecular formula is C27H27N3O3S. The molecule has 0 spiro atoms. The van der Waals surface area contributed by atoms with Crippen molar-refractivity contribution in [1.82, 2.24) is 4.57 Å². The molecule has 0 saturated heterocycles. The molecule has 0 atom stereocenters. The van der Waals surface area contributed by atoms with E-state index < -0.39 is 5.91 Å². The van der Waals surface area contributed by atoms with Crippen LogP contribution in [0.5, 0.6) is 0 Å². The topological polar surface area (TPSA) is 84.1 Å². The van der Waals surface area contributed by atoms with Crippen LogP contribution in [-0.4, -0.2) is 23.1 Å². The lowest BCUT2D eigenvalue weighted by Crippen LogP contribution is -2.13. The van der Waals surface area contributed by atoms with E-state index in [1.807, 2.05) is 55.7 Å². The van der Waals surface area contributed by atoms with Gasteiger partial charge in [-0.15, -0.1) is 11.3 Å². The summed E-state index contributed by atoms with van der Waals surface area (Å²) in [6.45, 7) is 6.04. The molecule has 4 rings (SSSR count). The minimum atomic E-state index is -0.461. The van der Waals surface area contributed by atoms with Gasteiger partial charge >= 0.3 is 5.97 Å². The van der Waals surface area contributed by atoms with Crippen LogP contribution in [0.15, 0.2) is 42.0 Å². The molecule has 34 heavy (non-hydrogen) atoms. The molecule has 0 bridgehead atoms. The fourth-order valence-electron chi connectivity index (χ4n) is 4.39. The van der Waals surface area contributed by atoms with Crippen LogP contribution in [0.2, 0.25) is 0 Å². The lowest BCUT2D eigenvalue weighted by atomic mass is 9.95. The molecule has 1 N–H and O–H groups in total. The van der Waals surface area contributed by atoms with Crippen molar-refractivity contribution in [2.24, 2.45) is 0 Å². The highest BCUT2D eigenvalue weighted by atomic mass is 32.1. The summed E-state index contributed by atoms with van der Waals surface area (Å²) in [7, 11) is 0. The first kappa shape index (κ1) is 23.5. The minimum absolute atomic E-state index is 0.0141. The first-order valence-electron chi connectivity index (χ1n) is 11.4. The number of ether oxygens (including phenoxy) is 1. The average molecular weight is 474 g/mol.